The van der Waals surface area contributed by atoms with Gasteiger partial charge in [0.15, 0.2) is 11.5 Å². The summed E-state index contributed by atoms with van der Waals surface area (Å²) in [7, 11) is 3.15. The van der Waals surface area contributed by atoms with Gasteiger partial charge in [0.2, 0.25) is 5.91 Å². The number of esters is 1. The summed E-state index contributed by atoms with van der Waals surface area (Å²) in [5.74, 6) is 1.30. The average molecular weight is 446 g/mol. The van der Waals surface area contributed by atoms with Crippen LogP contribution in [0.4, 0.5) is 5.00 Å². The molecule has 6 nitrogen and oxygen atoms in total. The van der Waals surface area contributed by atoms with Crippen molar-refractivity contribution in [3.8, 4) is 22.6 Å². The normalized spacial score (nSPS) is 14.2. The first-order valence-corrected chi connectivity index (χ1v) is 11.8. The highest BCUT2D eigenvalue weighted by Gasteiger charge is 2.24. The number of rotatable bonds is 9. The van der Waals surface area contributed by atoms with E-state index in [9.17, 15) is 9.59 Å². The summed E-state index contributed by atoms with van der Waals surface area (Å²) in [5, 5.41) is 5.34. The van der Waals surface area contributed by atoms with Crippen LogP contribution >= 0.6 is 11.3 Å². The Morgan fingerprint density at radius 1 is 1.10 bits per heavy atom. The summed E-state index contributed by atoms with van der Waals surface area (Å²) in [4.78, 5) is 25.4. The Kier molecular flexibility index (Phi) is 8.35. The highest BCUT2D eigenvalue weighted by molar-refractivity contribution is 7.15. The zero-order valence-corrected chi connectivity index (χ0v) is 19.3. The van der Waals surface area contributed by atoms with Gasteiger partial charge in [-0.1, -0.05) is 38.2 Å². The van der Waals surface area contributed by atoms with Gasteiger partial charge in [-0.15, -0.1) is 11.3 Å². The van der Waals surface area contributed by atoms with Crippen LogP contribution in [0.5, 0.6) is 11.5 Å². The molecule has 0 bridgehead atoms. The quantitative estimate of drug-likeness (QED) is 0.486. The Hall–Kier alpha value is -2.54. The standard InChI is InChI=1S/C24H31NO5S/c1-4-30-24(27)22-18(17-11-12-19(28-2)20(14-17)29-3)15-31-23(22)25-21(26)13-10-16-8-6-5-7-9-16/h11-12,14-16H,4-10,13H2,1-3H3,(H,25,26). The van der Waals surface area contributed by atoms with Crippen molar-refractivity contribution in [1.29, 1.82) is 0 Å². The second-order valence-electron chi connectivity index (χ2n) is 7.73. The summed E-state index contributed by atoms with van der Waals surface area (Å²) in [5.41, 5.74) is 1.87. The minimum Gasteiger partial charge on any atom is -0.493 e. The maximum Gasteiger partial charge on any atom is 0.341 e. The number of thiophene rings is 1. The lowest BCUT2D eigenvalue weighted by molar-refractivity contribution is -0.116. The third-order valence-electron chi connectivity index (χ3n) is 5.72. The molecular formula is C24H31NO5S. The van der Waals surface area contributed by atoms with Gasteiger partial charge in [0, 0.05) is 17.4 Å². The van der Waals surface area contributed by atoms with Crippen molar-refractivity contribution in [3.05, 3.63) is 29.1 Å². The van der Waals surface area contributed by atoms with Crippen LogP contribution in [0.2, 0.25) is 0 Å². The molecule has 0 saturated heterocycles. The van der Waals surface area contributed by atoms with E-state index in [-0.39, 0.29) is 12.5 Å². The van der Waals surface area contributed by atoms with Crippen molar-refractivity contribution in [2.75, 3.05) is 26.1 Å². The number of anilines is 1. The van der Waals surface area contributed by atoms with Crippen molar-refractivity contribution in [2.45, 2.75) is 51.9 Å². The van der Waals surface area contributed by atoms with Crippen LogP contribution in [0.3, 0.4) is 0 Å². The largest absolute Gasteiger partial charge is 0.493 e. The zero-order valence-electron chi connectivity index (χ0n) is 18.5. The molecule has 168 valence electrons. The van der Waals surface area contributed by atoms with E-state index in [4.69, 9.17) is 14.2 Å². The first-order chi connectivity index (χ1) is 15.1. The molecular weight excluding hydrogens is 414 g/mol. The summed E-state index contributed by atoms with van der Waals surface area (Å²) >= 11 is 1.33. The molecule has 31 heavy (non-hydrogen) atoms. The molecule has 0 atom stereocenters. The monoisotopic (exact) mass is 445 g/mol. The number of ether oxygens (including phenoxy) is 3. The van der Waals surface area contributed by atoms with Gasteiger partial charge in [-0.3, -0.25) is 4.79 Å². The Balaban J connectivity index is 1.81. The molecule has 1 fully saturated rings. The van der Waals surface area contributed by atoms with Crippen molar-refractivity contribution in [2.24, 2.45) is 5.92 Å². The molecule has 0 radical (unpaired) electrons. The van der Waals surface area contributed by atoms with Crippen LogP contribution in [-0.2, 0) is 9.53 Å². The Labute approximate surface area is 187 Å². The van der Waals surface area contributed by atoms with Crippen LogP contribution in [0.25, 0.3) is 11.1 Å². The van der Waals surface area contributed by atoms with Crippen LogP contribution in [0.1, 0.15) is 62.2 Å². The van der Waals surface area contributed by atoms with Crippen molar-refractivity contribution < 1.29 is 23.8 Å². The lowest BCUT2D eigenvalue weighted by Gasteiger charge is -2.21. The van der Waals surface area contributed by atoms with Gasteiger partial charge in [0.05, 0.1) is 20.8 Å². The second-order valence-corrected chi connectivity index (χ2v) is 8.61. The highest BCUT2D eigenvalue weighted by atomic mass is 32.1. The number of methoxy groups -OCH3 is 2. The van der Waals surface area contributed by atoms with Crippen molar-refractivity contribution in [1.82, 2.24) is 0 Å². The summed E-state index contributed by atoms with van der Waals surface area (Å²) in [6.07, 6.45) is 7.62. The van der Waals surface area contributed by atoms with Crippen molar-refractivity contribution in [3.63, 3.8) is 0 Å². The predicted molar refractivity (Wildman–Crippen MR) is 123 cm³/mol. The van der Waals surface area contributed by atoms with E-state index in [1.807, 2.05) is 17.5 Å². The van der Waals surface area contributed by atoms with Gasteiger partial charge in [-0.05, 0) is 37.0 Å². The Morgan fingerprint density at radius 3 is 2.52 bits per heavy atom. The average Bonchev–Trinajstić information content (AvgIpc) is 3.21. The first kappa shape index (κ1) is 23.1. The maximum absolute atomic E-state index is 12.8. The third kappa shape index (κ3) is 5.79. The molecule has 1 aromatic heterocycles. The molecule has 1 amide bonds. The lowest BCUT2D eigenvalue weighted by Crippen LogP contribution is -2.16. The zero-order chi connectivity index (χ0) is 22.2. The minimum absolute atomic E-state index is 0.0585. The number of hydrogen-bond donors (Lipinski definition) is 1. The molecule has 7 heteroatoms. The summed E-state index contributed by atoms with van der Waals surface area (Å²) < 4.78 is 16.0. The first-order valence-electron chi connectivity index (χ1n) is 10.9. The van der Waals surface area contributed by atoms with Gasteiger partial charge >= 0.3 is 5.97 Å². The minimum atomic E-state index is -0.448. The van der Waals surface area contributed by atoms with E-state index in [1.54, 1.807) is 27.2 Å². The second kappa shape index (κ2) is 11.2. The van der Waals surface area contributed by atoms with E-state index >= 15 is 0 Å². The van der Waals surface area contributed by atoms with Crippen LogP contribution < -0.4 is 14.8 Å². The molecule has 1 aromatic carbocycles. The van der Waals surface area contributed by atoms with Gasteiger partial charge in [0.25, 0.3) is 0 Å². The highest BCUT2D eigenvalue weighted by Crippen LogP contribution is 2.40. The van der Waals surface area contributed by atoms with Crippen molar-refractivity contribution >= 4 is 28.2 Å². The topological polar surface area (TPSA) is 73.9 Å². The number of benzene rings is 1. The van der Waals surface area contributed by atoms with E-state index in [0.29, 0.717) is 40.0 Å². The number of amides is 1. The molecule has 1 saturated carbocycles. The van der Waals surface area contributed by atoms with E-state index < -0.39 is 5.97 Å². The number of carbonyl (C=O) groups excluding carboxylic acids is 2. The predicted octanol–water partition coefficient (Wildman–Crippen LogP) is 5.91. The van der Waals surface area contributed by atoms with Gasteiger partial charge in [0.1, 0.15) is 10.6 Å². The van der Waals surface area contributed by atoms with Gasteiger partial charge in [-0.2, -0.15) is 0 Å². The number of hydrogen-bond acceptors (Lipinski definition) is 6. The number of nitrogens with one attached hydrogen (secondary N) is 1. The fourth-order valence-electron chi connectivity index (χ4n) is 4.07. The smallest absolute Gasteiger partial charge is 0.341 e. The fraction of sp³-hybridized carbons (Fsp3) is 0.500. The van der Waals surface area contributed by atoms with E-state index in [0.717, 1.165) is 12.0 Å². The molecule has 0 aliphatic heterocycles. The van der Waals surface area contributed by atoms with Gasteiger partial charge in [-0.25, -0.2) is 4.79 Å². The van der Waals surface area contributed by atoms with Crippen LogP contribution in [-0.4, -0.2) is 32.7 Å². The molecule has 3 rings (SSSR count). The molecule has 1 N–H and O–H groups in total. The van der Waals surface area contributed by atoms with Gasteiger partial charge < -0.3 is 19.5 Å². The molecule has 2 aromatic rings. The SMILES string of the molecule is CCOC(=O)c1c(-c2ccc(OC)c(OC)c2)csc1NC(=O)CCC1CCCCC1. The van der Waals surface area contributed by atoms with E-state index in [2.05, 4.69) is 5.32 Å². The van der Waals surface area contributed by atoms with Crippen LogP contribution in [0.15, 0.2) is 23.6 Å². The summed E-state index contributed by atoms with van der Waals surface area (Å²) in [6.45, 7) is 2.03. The summed E-state index contributed by atoms with van der Waals surface area (Å²) in [6, 6.07) is 5.47. The molecule has 1 aliphatic carbocycles. The fourth-order valence-corrected chi connectivity index (χ4v) is 5.05. The molecule has 0 spiro atoms. The molecule has 1 heterocycles. The third-order valence-corrected chi connectivity index (χ3v) is 6.62. The Bertz CT molecular complexity index is 901. The molecule has 0 unspecified atom stereocenters. The van der Waals surface area contributed by atoms with E-state index in [1.165, 1.54) is 43.4 Å². The van der Waals surface area contributed by atoms with Crippen LogP contribution in [0, 0.1) is 5.92 Å². The maximum atomic E-state index is 12.8. The number of carbonyl (C=O) groups is 2. The molecule has 1 aliphatic rings. The Morgan fingerprint density at radius 2 is 1.84 bits per heavy atom. The lowest BCUT2D eigenvalue weighted by atomic mass is 9.86.